The summed E-state index contributed by atoms with van der Waals surface area (Å²) in [5.41, 5.74) is 5.89. The minimum atomic E-state index is -0.103. The van der Waals surface area contributed by atoms with Crippen LogP contribution in [0, 0.1) is 12.8 Å². The van der Waals surface area contributed by atoms with Crippen LogP contribution in [0.2, 0.25) is 0 Å². The van der Waals surface area contributed by atoms with Gasteiger partial charge in [0.15, 0.2) is 0 Å². The highest BCUT2D eigenvalue weighted by molar-refractivity contribution is 7.23. The lowest BCUT2D eigenvalue weighted by atomic mass is 9.88. The fourth-order valence-electron chi connectivity index (χ4n) is 4.58. The third-order valence-corrected chi connectivity index (χ3v) is 8.56. The van der Waals surface area contributed by atoms with Crippen LogP contribution in [0.3, 0.4) is 0 Å². The molecule has 33 heavy (non-hydrogen) atoms. The summed E-state index contributed by atoms with van der Waals surface area (Å²) in [6, 6.07) is 18.0. The molecular weight excluding hydrogens is 446 g/mol. The molecule has 164 valence electrons. The fraction of sp³-hybridized carbons (Fsp3) is 0.222. The smallest absolute Gasteiger partial charge is 0.256 e. The van der Waals surface area contributed by atoms with Crippen molar-refractivity contribution >= 4 is 54.7 Å². The standard InChI is InChI=1S/C27H23N3OS2/c1-15-7-12-19-23(13-15)33-27(24(19)26-29-20-5-3-4-6-22(20)32-26)30-25(31)18-11-10-17-9-8-16(2)28-21(17)14-18/h3-6,8-11,14-15H,7,12-13H2,1-2H3,(H,30,31). The molecule has 1 unspecified atom stereocenters. The topological polar surface area (TPSA) is 54.9 Å². The van der Waals surface area contributed by atoms with Gasteiger partial charge in [-0.2, -0.15) is 0 Å². The SMILES string of the molecule is Cc1ccc2ccc(C(=O)Nc3sc4c(c3-c3nc5ccccc5s3)CCC(C)C4)cc2n1. The average Bonchev–Trinajstić information content (AvgIpc) is 3.38. The number of pyridine rings is 1. The summed E-state index contributed by atoms with van der Waals surface area (Å²) in [6.07, 6.45) is 3.27. The maximum atomic E-state index is 13.3. The van der Waals surface area contributed by atoms with E-state index < -0.39 is 0 Å². The number of amides is 1. The molecule has 0 bridgehead atoms. The maximum Gasteiger partial charge on any atom is 0.256 e. The van der Waals surface area contributed by atoms with Crippen LogP contribution in [0.15, 0.2) is 54.6 Å². The van der Waals surface area contributed by atoms with Gasteiger partial charge in [-0.05, 0) is 68.0 Å². The van der Waals surface area contributed by atoms with E-state index in [1.807, 2.05) is 49.4 Å². The number of fused-ring (bicyclic) bond motifs is 3. The molecule has 0 aliphatic heterocycles. The van der Waals surface area contributed by atoms with Gasteiger partial charge >= 0.3 is 0 Å². The van der Waals surface area contributed by atoms with E-state index in [9.17, 15) is 4.79 Å². The maximum absolute atomic E-state index is 13.3. The highest BCUT2D eigenvalue weighted by atomic mass is 32.1. The van der Waals surface area contributed by atoms with Crippen molar-refractivity contribution in [2.45, 2.75) is 33.1 Å². The van der Waals surface area contributed by atoms with Gasteiger partial charge in [0.05, 0.1) is 15.7 Å². The molecule has 0 radical (unpaired) electrons. The zero-order chi connectivity index (χ0) is 22.5. The third kappa shape index (κ3) is 3.73. The highest BCUT2D eigenvalue weighted by Gasteiger charge is 2.27. The van der Waals surface area contributed by atoms with E-state index in [1.54, 1.807) is 22.7 Å². The Kier molecular flexibility index (Phi) is 5.00. The van der Waals surface area contributed by atoms with Crippen molar-refractivity contribution in [3.63, 3.8) is 0 Å². The highest BCUT2D eigenvalue weighted by Crippen LogP contribution is 2.47. The Morgan fingerprint density at radius 3 is 2.76 bits per heavy atom. The van der Waals surface area contributed by atoms with Crippen molar-refractivity contribution in [3.8, 4) is 10.6 Å². The molecule has 0 fully saturated rings. The number of anilines is 1. The summed E-state index contributed by atoms with van der Waals surface area (Å²) in [5.74, 6) is 0.562. The van der Waals surface area contributed by atoms with Crippen molar-refractivity contribution in [2.24, 2.45) is 5.92 Å². The molecule has 0 saturated heterocycles. The van der Waals surface area contributed by atoms with Gasteiger partial charge in [0, 0.05) is 27.1 Å². The quantitative estimate of drug-likeness (QED) is 0.302. The minimum Gasteiger partial charge on any atom is -0.313 e. The second-order valence-electron chi connectivity index (χ2n) is 8.86. The van der Waals surface area contributed by atoms with Crippen molar-refractivity contribution in [1.29, 1.82) is 0 Å². The molecule has 0 spiro atoms. The van der Waals surface area contributed by atoms with Crippen LogP contribution >= 0.6 is 22.7 Å². The number of rotatable bonds is 3. The number of thiazole rings is 1. The second kappa shape index (κ2) is 8.04. The van der Waals surface area contributed by atoms with E-state index in [-0.39, 0.29) is 5.91 Å². The molecule has 6 heteroatoms. The zero-order valence-corrected chi connectivity index (χ0v) is 20.1. The number of benzene rings is 2. The first-order valence-corrected chi connectivity index (χ1v) is 12.9. The summed E-state index contributed by atoms with van der Waals surface area (Å²) >= 11 is 3.42. The first kappa shape index (κ1) is 20.5. The molecule has 6 rings (SSSR count). The summed E-state index contributed by atoms with van der Waals surface area (Å²) in [5, 5.41) is 6.18. The van der Waals surface area contributed by atoms with Crippen LogP contribution < -0.4 is 5.32 Å². The van der Waals surface area contributed by atoms with E-state index in [4.69, 9.17) is 4.98 Å². The Bertz CT molecular complexity index is 1500. The Balaban J connectivity index is 1.42. The number of aromatic nitrogens is 2. The van der Waals surface area contributed by atoms with E-state index >= 15 is 0 Å². The Hall–Kier alpha value is -3.09. The van der Waals surface area contributed by atoms with E-state index in [0.29, 0.717) is 11.5 Å². The van der Waals surface area contributed by atoms with Crippen LogP contribution in [0.25, 0.3) is 31.7 Å². The second-order valence-corrected chi connectivity index (χ2v) is 11.0. The number of thiophene rings is 1. The number of para-hydroxylation sites is 1. The van der Waals surface area contributed by atoms with Gasteiger partial charge in [0.1, 0.15) is 10.0 Å². The number of carbonyl (C=O) groups excluding carboxylic acids is 1. The van der Waals surface area contributed by atoms with Crippen LogP contribution in [0.1, 0.15) is 39.8 Å². The molecule has 3 aromatic heterocycles. The number of nitrogens with zero attached hydrogens (tertiary/aromatic N) is 2. The predicted octanol–water partition coefficient (Wildman–Crippen LogP) is 7.26. The van der Waals surface area contributed by atoms with Gasteiger partial charge in [-0.1, -0.05) is 31.2 Å². The van der Waals surface area contributed by atoms with E-state index in [0.717, 1.165) is 50.5 Å². The largest absolute Gasteiger partial charge is 0.313 e. The van der Waals surface area contributed by atoms with Crippen molar-refractivity contribution in [1.82, 2.24) is 9.97 Å². The van der Waals surface area contributed by atoms with Crippen LogP contribution in [-0.4, -0.2) is 15.9 Å². The Morgan fingerprint density at radius 2 is 1.88 bits per heavy atom. The molecule has 1 atom stereocenters. The molecule has 1 aliphatic carbocycles. The summed E-state index contributed by atoms with van der Waals surface area (Å²) in [4.78, 5) is 24.2. The van der Waals surface area contributed by atoms with Crippen molar-refractivity contribution in [3.05, 3.63) is 76.3 Å². The van der Waals surface area contributed by atoms with Crippen LogP contribution in [-0.2, 0) is 12.8 Å². The molecule has 2 aromatic carbocycles. The monoisotopic (exact) mass is 469 g/mol. The first-order valence-electron chi connectivity index (χ1n) is 11.2. The molecule has 4 nitrogen and oxygen atoms in total. The summed E-state index contributed by atoms with van der Waals surface area (Å²) < 4.78 is 1.17. The molecular formula is C27H23N3OS2. The number of aryl methyl sites for hydroxylation is 1. The van der Waals surface area contributed by atoms with Crippen LogP contribution in [0.4, 0.5) is 5.00 Å². The van der Waals surface area contributed by atoms with Gasteiger partial charge in [-0.3, -0.25) is 9.78 Å². The Labute approximate surface area is 200 Å². The Morgan fingerprint density at radius 1 is 1.03 bits per heavy atom. The minimum absolute atomic E-state index is 0.103. The molecule has 5 aromatic rings. The van der Waals surface area contributed by atoms with Crippen LogP contribution in [0.5, 0.6) is 0 Å². The number of hydrogen-bond donors (Lipinski definition) is 1. The van der Waals surface area contributed by atoms with E-state index in [1.165, 1.54) is 21.6 Å². The van der Waals surface area contributed by atoms with Gasteiger partial charge in [0.25, 0.3) is 5.91 Å². The van der Waals surface area contributed by atoms with Gasteiger partial charge in [-0.15, -0.1) is 22.7 Å². The molecule has 1 amide bonds. The lowest BCUT2D eigenvalue weighted by molar-refractivity contribution is 0.102. The first-order chi connectivity index (χ1) is 16.0. The van der Waals surface area contributed by atoms with Crippen molar-refractivity contribution < 1.29 is 4.79 Å². The predicted molar refractivity (Wildman–Crippen MR) is 139 cm³/mol. The molecule has 0 saturated carbocycles. The lowest BCUT2D eigenvalue weighted by Crippen LogP contribution is -2.12. The van der Waals surface area contributed by atoms with E-state index in [2.05, 4.69) is 29.4 Å². The molecule has 1 N–H and O–H groups in total. The van der Waals surface area contributed by atoms with Crippen molar-refractivity contribution in [2.75, 3.05) is 5.32 Å². The summed E-state index contributed by atoms with van der Waals surface area (Å²) in [7, 11) is 0. The molecule has 1 aliphatic rings. The zero-order valence-electron chi connectivity index (χ0n) is 18.5. The van der Waals surface area contributed by atoms with Gasteiger partial charge in [-0.25, -0.2) is 4.98 Å². The number of nitrogens with one attached hydrogen (secondary N) is 1. The lowest BCUT2D eigenvalue weighted by Gasteiger charge is -2.18. The number of carbonyl (C=O) groups is 1. The normalized spacial score (nSPS) is 15.6. The number of hydrogen-bond acceptors (Lipinski definition) is 5. The van der Waals surface area contributed by atoms with Gasteiger partial charge in [0.2, 0.25) is 0 Å². The molecule has 3 heterocycles. The van der Waals surface area contributed by atoms with Gasteiger partial charge < -0.3 is 5.32 Å². The fourth-order valence-corrected chi connectivity index (χ4v) is 7.10. The average molecular weight is 470 g/mol. The third-order valence-electron chi connectivity index (χ3n) is 6.34. The summed E-state index contributed by atoms with van der Waals surface area (Å²) in [6.45, 7) is 4.27.